The molecule has 0 unspecified atom stereocenters. The van der Waals surface area contributed by atoms with Gasteiger partial charge >= 0.3 is 6.18 Å². The number of nitrogens with zero attached hydrogens (tertiary/aromatic N) is 1. The van der Waals surface area contributed by atoms with E-state index in [2.05, 4.69) is 10.6 Å². The van der Waals surface area contributed by atoms with Crippen LogP contribution >= 0.6 is 11.6 Å². The molecule has 0 fully saturated rings. The third-order valence-corrected chi connectivity index (χ3v) is 3.96. The van der Waals surface area contributed by atoms with Crippen LogP contribution in [-0.2, 0) is 15.8 Å². The summed E-state index contributed by atoms with van der Waals surface area (Å²) in [6.07, 6.45) is -4.66. The van der Waals surface area contributed by atoms with Crippen LogP contribution in [0.15, 0.2) is 42.5 Å². The van der Waals surface area contributed by atoms with Gasteiger partial charge in [0, 0.05) is 10.7 Å². The number of hydrogen-bond acceptors (Lipinski definition) is 3. The van der Waals surface area contributed by atoms with E-state index >= 15 is 0 Å². The summed E-state index contributed by atoms with van der Waals surface area (Å²) in [6.45, 7) is 1.55. The number of carbonyl (C=O) groups is 2. The van der Waals surface area contributed by atoms with Crippen LogP contribution in [0, 0.1) is 6.92 Å². The average molecular weight is 414 g/mol. The van der Waals surface area contributed by atoms with Crippen LogP contribution in [0.4, 0.5) is 24.5 Å². The molecular formula is C19H19ClF3N3O2. The highest BCUT2D eigenvalue weighted by atomic mass is 35.5. The molecule has 9 heteroatoms. The van der Waals surface area contributed by atoms with Gasteiger partial charge in [0.2, 0.25) is 11.8 Å². The van der Waals surface area contributed by atoms with E-state index in [1.165, 1.54) is 18.0 Å². The van der Waals surface area contributed by atoms with E-state index in [1.54, 1.807) is 12.1 Å². The van der Waals surface area contributed by atoms with Gasteiger partial charge < -0.3 is 10.6 Å². The van der Waals surface area contributed by atoms with Gasteiger partial charge in [-0.2, -0.15) is 13.2 Å². The fourth-order valence-corrected chi connectivity index (χ4v) is 2.61. The predicted molar refractivity (Wildman–Crippen MR) is 102 cm³/mol. The first kappa shape index (κ1) is 21.7. The van der Waals surface area contributed by atoms with Crippen molar-refractivity contribution in [2.45, 2.75) is 13.1 Å². The molecule has 0 saturated carbocycles. The Morgan fingerprint density at radius 1 is 1.00 bits per heavy atom. The van der Waals surface area contributed by atoms with Crippen molar-refractivity contribution in [3.05, 3.63) is 58.6 Å². The van der Waals surface area contributed by atoms with E-state index < -0.39 is 17.6 Å². The van der Waals surface area contributed by atoms with Crippen LogP contribution < -0.4 is 10.6 Å². The van der Waals surface area contributed by atoms with Gasteiger partial charge in [-0.25, -0.2) is 0 Å². The zero-order valence-corrected chi connectivity index (χ0v) is 16.0. The molecule has 0 aliphatic rings. The molecule has 2 aromatic carbocycles. The molecule has 0 heterocycles. The summed E-state index contributed by atoms with van der Waals surface area (Å²) in [4.78, 5) is 25.5. The summed E-state index contributed by atoms with van der Waals surface area (Å²) in [7, 11) is 1.51. The zero-order valence-electron chi connectivity index (χ0n) is 15.2. The molecule has 0 aliphatic carbocycles. The van der Waals surface area contributed by atoms with Crippen molar-refractivity contribution in [2.75, 3.05) is 30.8 Å². The topological polar surface area (TPSA) is 61.4 Å². The minimum Gasteiger partial charge on any atom is -0.325 e. The number of amides is 2. The number of halogens is 4. The lowest BCUT2D eigenvalue weighted by atomic mass is 10.1. The fourth-order valence-electron chi connectivity index (χ4n) is 2.43. The van der Waals surface area contributed by atoms with E-state index in [0.29, 0.717) is 5.69 Å². The molecule has 0 radical (unpaired) electrons. The SMILES string of the molecule is Cc1ccc(NC(=O)CN(C)CC(=O)Nc2ccc(Cl)cc2C(F)(F)F)cc1. The first-order valence-electron chi connectivity index (χ1n) is 8.26. The predicted octanol–water partition coefficient (Wildman–Crippen LogP) is 4.18. The maximum Gasteiger partial charge on any atom is 0.418 e. The molecule has 0 spiro atoms. The van der Waals surface area contributed by atoms with Crippen LogP contribution in [-0.4, -0.2) is 36.9 Å². The summed E-state index contributed by atoms with van der Waals surface area (Å²) < 4.78 is 39.2. The van der Waals surface area contributed by atoms with Gasteiger partial charge in [0.15, 0.2) is 0 Å². The van der Waals surface area contributed by atoms with Crippen molar-refractivity contribution < 1.29 is 22.8 Å². The van der Waals surface area contributed by atoms with Crippen molar-refractivity contribution in [1.82, 2.24) is 4.90 Å². The second kappa shape index (κ2) is 9.07. The first-order valence-corrected chi connectivity index (χ1v) is 8.64. The summed E-state index contributed by atoms with van der Waals surface area (Å²) >= 11 is 5.61. The number of benzene rings is 2. The first-order chi connectivity index (χ1) is 13.0. The lowest BCUT2D eigenvalue weighted by Gasteiger charge is -2.18. The average Bonchev–Trinajstić information content (AvgIpc) is 2.57. The van der Waals surface area contributed by atoms with Crippen molar-refractivity contribution >= 4 is 34.8 Å². The third kappa shape index (κ3) is 6.54. The van der Waals surface area contributed by atoms with Crippen molar-refractivity contribution in [3.63, 3.8) is 0 Å². The maximum atomic E-state index is 13.1. The normalized spacial score (nSPS) is 11.4. The highest BCUT2D eigenvalue weighted by molar-refractivity contribution is 6.30. The number of hydrogen-bond donors (Lipinski definition) is 2. The van der Waals surface area contributed by atoms with Crippen LogP contribution in [0.5, 0.6) is 0 Å². The van der Waals surface area contributed by atoms with E-state index in [0.717, 1.165) is 17.7 Å². The molecule has 28 heavy (non-hydrogen) atoms. The Labute approximate surface area is 165 Å². The molecule has 150 valence electrons. The molecule has 0 aromatic heterocycles. The lowest BCUT2D eigenvalue weighted by Crippen LogP contribution is -2.36. The molecule has 2 rings (SSSR count). The molecular weight excluding hydrogens is 395 g/mol. The minimum atomic E-state index is -4.66. The third-order valence-electron chi connectivity index (χ3n) is 3.72. The Morgan fingerprint density at radius 3 is 2.14 bits per heavy atom. The number of anilines is 2. The zero-order chi connectivity index (χ0) is 20.9. The number of alkyl halides is 3. The smallest absolute Gasteiger partial charge is 0.325 e. The molecule has 2 amide bonds. The summed E-state index contributed by atoms with van der Waals surface area (Å²) in [5.41, 5.74) is 0.240. The fraction of sp³-hybridized carbons (Fsp3) is 0.263. The van der Waals surface area contributed by atoms with Crippen molar-refractivity contribution in [2.24, 2.45) is 0 Å². The second-order valence-electron chi connectivity index (χ2n) is 6.32. The quantitative estimate of drug-likeness (QED) is 0.747. The Kier molecular flexibility index (Phi) is 7.04. The Bertz CT molecular complexity index is 854. The lowest BCUT2D eigenvalue weighted by molar-refractivity contribution is -0.137. The number of nitrogens with one attached hydrogen (secondary N) is 2. The Balaban J connectivity index is 1.92. The molecule has 2 aromatic rings. The number of rotatable bonds is 6. The molecule has 0 aliphatic heterocycles. The van der Waals surface area contributed by atoms with Crippen molar-refractivity contribution in [1.29, 1.82) is 0 Å². The van der Waals surface area contributed by atoms with Gasteiger partial charge in [0.1, 0.15) is 0 Å². The van der Waals surface area contributed by atoms with Gasteiger partial charge in [0.05, 0.1) is 24.3 Å². The summed E-state index contributed by atoms with van der Waals surface area (Å²) in [5, 5.41) is 4.81. The van der Waals surface area contributed by atoms with Gasteiger partial charge in [-0.1, -0.05) is 29.3 Å². The molecule has 0 saturated heterocycles. The summed E-state index contributed by atoms with van der Waals surface area (Å²) in [6, 6.07) is 10.3. The number of aryl methyl sites for hydroxylation is 1. The van der Waals surface area contributed by atoms with Gasteiger partial charge in [-0.15, -0.1) is 0 Å². The standard InChI is InChI=1S/C19H19ClF3N3O2/c1-12-3-6-14(7-4-12)24-17(27)10-26(2)11-18(28)25-16-8-5-13(20)9-15(16)19(21,22)23/h3-9H,10-11H2,1-2H3,(H,24,27)(H,25,28). The van der Waals surface area contributed by atoms with Crippen molar-refractivity contribution in [3.8, 4) is 0 Å². The van der Waals surface area contributed by atoms with Crippen LogP contribution in [0.3, 0.4) is 0 Å². The minimum absolute atomic E-state index is 0.0878. The van der Waals surface area contributed by atoms with E-state index in [9.17, 15) is 22.8 Å². The highest BCUT2D eigenvalue weighted by Crippen LogP contribution is 2.36. The maximum absolute atomic E-state index is 13.1. The van der Waals surface area contributed by atoms with Crippen LogP contribution in [0.2, 0.25) is 5.02 Å². The van der Waals surface area contributed by atoms with Gasteiger partial charge in [-0.05, 0) is 44.3 Å². The Hall–Kier alpha value is -2.58. The van der Waals surface area contributed by atoms with Gasteiger partial charge in [0.25, 0.3) is 0 Å². The van der Waals surface area contributed by atoms with Gasteiger partial charge in [-0.3, -0.25) is 14.5 Å². The number of carbonyl (C=O) groups excluding carboxylic acids is 2. The molecule has 5 nitrogen and oxygen atoms in total. The largest absolute Gasteiger partial charge is 0.418 e. The number of likely N-dealkylation sites (N-methyl/N-ethyl adjacent to an activating group) is 1. The monoisotopic (exact) mass is 413 g/mol. The van der Waals surface area contributed by atoms with Crippen LogP contribution in [0.1, 0.15) is 11.1 Å². The van der Waals surface area contributed by atoms with E-state index in [4.69, 9.17) is 11.6 Å². The molecule has 0 atom stereocenters. The molecule has 2 N–H and O–H groups in total. The second-order valence-corrected chi connectivity index (χ2v) is 6.76. The van der Waals surface area contributed by atoms with E-state index in [-0.39, 0.29) is 29.7 Å². The Morgan fingerprint density at radius 2 is 1.57 bits per heavy atom. The summed E-state index contributed by atoms with van der Waals surface area (Å²) in [5.74, 6) is -1.03. The van der Waals surface area contributed by atoms with E-state index in [1.807, 2.05) is 19.1 Å². The highest BCUT2D eigenvalue weighted by Gasteiger charge is 2.34. The molecule has 0 bridgehead atoms. The van der Waals surface area contributed by atoms with Crippen LogP contribution in [0.25, 0.3) is 0 Å².